The van der Waals surface area contributed by atoms with Gasteiger partial charge in [-0.1, -0.05) is 25.3 Å². The molecule has 12 heavy (non-hydrogen) atoms. The van der Waals surface area contributed by atoms with Crippen molar-refractivity contribution in [2.24, 2.45) is 5.16 Å². The van der Waals surface area contributed by atoms with E-state index < -0.39 is 0 Å². The molecule has 0 spiro atoms. The number of oxime groups is 1. The highest BCUT2D eigenvalue weighted by Crippen LogP contribution is 2.06. The van der Waals surface area contributed by atoms with Crippen LogP contribution in [0.5, 0.6) is 0 Å². The van der Waals surface area contributed by atoms with Gasteiger partial charge < -0.3 is 5.21 Å². The maximum absolute atomic E-state index is 8.10. The summed E-state index contributed by atoms with van der Waals surface area (Å²) in [5, 5.41) is 11.0. The van der Waals surface area contributed by atoms with Crippen molar-refractivity contribution >= 4 is 6.21 Å². The monoisotopic (exact) mass is 169 g/mol. The lowest BCUT2D eigenvalue weighted by molar-refractivity contribution is 0.320. The molecular weight excluding hydrogens is 150 g/mol. The third kappa shape index (κ3) is 9.21. The standard InChI is InChI=1S/C10H19NO/c1-2-3-4-5-6-7-8-9-10-11-12/h2,10,12H,1,3-9H2. The highest BCUT2D eigenvalue weighted by atomic mass is 16.4. The highest BCUT2D eigenvalue weighted by molar-refractivity contribution is 5.55. The van der Waals surface area contributed by atoms with Crippen LogP contribution >= 0.6 is 0 Å². The van der Waals surface area contributed by atoms with Gasteiger partial charge in [-0.2, -0.15) is 0 Å². The first-order chi connectivity index (χ1) is 5.91. The normalized spacial score (nSPS) is 10.7. The van der Waals surface area contributed by atoms with Crippen molar-refractivity contribution in [3.8, 4) is 0 Å². The SMILES string of the molecule is C=CCCCCCCCC=NO. The zero-order valence-electron chi connectivity index (χ0n) is 7.71. The largest absolute Gasteiger partial charge is 0.411 e. The van der Waals surface area contributed by atoms with E-state index in [1.54, 1.807) is 6.21 Å². The fraction of sp³-hybridized carbons (Fsp3) is 0.700. The molecule has 0 aromatic carbocycles. The van der Waals surface area contributed by atoms with Gasteiger partial charge in [0.1, 0.15) is 0 Å². The van der Waals surface area contributed by atoms with Crippen LogP contribution in [-0.2, 0) is 0 Å². The molecule has 1 N–H and O–H groups in total. The number of nitrogens with zero attached hydrogens (tertiary/aromatic N) is 1. The first-order valence-corrected chi connectivity index (χ1v) is 4.68. The average Bonchev–Trinajstić information content (AvgIpc) is 2.10. The highest BCUT2D eigenvalue weighted by Gasteiger charge is 1.88. The van der Waals surface area contributed by atoms with E-state index >= 15 is 0 Å². The zero-order chi connectivity index (χ0) is 9.07. The number of rotatable bonds is 8. The van der Waals surface area contributed by atoms with Gasteiger partial charge in [0.2, 0.25) is 0 Å². The molecule has 0 unspecified atom stereocenters. The molecule has 0 atom stereocenters. The zero-order valence-corrected chi connectivity index (χ0v) is 7.71. The Morgan fingerprint density at radius 3 is 2.17 bits per heavy atom. The van der Waals surface area contributed by atoms with Crippen molar-refractivity contribution in [2.45, 2.75) is 44.9 Å². The van der Waals surface area contributed by atoms with Gasteiger partial charge in [-0.25, -0.2) is 0 Å². The molecule has 0 saturated heterocycles. The molecular formula is C10H19NO. The minimum absolute atomic E-state index is 0.901. The van der Waals surface area contributed by atoms with Crippen molar-refractivity contribution in [3.05, 3.63) is 12.7 Å². The average molecular weight is 169 g/mol. The lowest BCUT2D eigenvalue weighted by atomic mass is 10.1. The maximum atomic E-state index is 8.10. The predicted octanol–water partition coefficient (Wildman–Crippen LogP) is 3.36. The van der Waals surface area contributed by atoms with Gasteiger partial charge in [0.05, 0.1) is 0 Å². The topological polar surface area (TPSA) is 32.6 Å². The predicted molar refractivity (Wildman–Crippen MR) is 52.8 cm³/mol. The molecule has 0 saturated carbocycles. The van der Waals surface area contributed by atoms with Crippen LogP contribution in [0, 0.1) is 0 Å². The molecule has 0 aliphatic rings. The van der Waals surface area contributed by atoms with Gasteiger partial charge >= 0.3 is 0 Å². The Bertz CT molecular complexity index is 121. The van der Waals surface area contributed by atoms with E-state index in [-0.39, 0.29) is 0 Å². The Morgan fingerprint density at radius 1 is 1.00 bits per heavy atom. The molecule has 0 bridgehead atoms. The van der Waals surface area contributed by atoms with Crippen molar-refractivity contribution in [1.82, 2.24) is 0 Å². The summed E-state index contributed by atoms with van der Waals surface area (Å²) < 4.78 is 0. The third-order valence-electron chi connectivity index (χ3n) is 1.82. The Morgan fingerprint density at radius 2 is 1.58 bits per heavy atom. The van der Waals surface area contributed by atoms with E-state index in [0.29, 0.717) is 0 Å². The molecule has 0 rings (SSSR count). The second kappa shape index (κ2) is 10.2. The van der Waals surface area contributed by atoms with Crippen LogP contribution in [0.2, 0.25) is 0 Å². The van der Waals surface area contributed by atoms with Gasteiger partial charge in [0.25, 0.3) is 0 Å². The van der Waals surface area contributed by atoms with Crippen molar-refractivity contribution in [3.63, 3.8) is 0 Å². The summed E-state index contributed by atoms with van der Waals surface area (Å²) in [5.74, 6) is 0. The number of unbranched alkanes of at least 4 members (excludes halogenated alkanes) is 6. The molecule has 0 radical (unpaired) electrons. The summed E-state index contributed by atoms with van der Waals surface area (Å²) in [4.78, 5) is 0. The smallest absolute Gasteiger partial charge is 0.0435 e. The van der Waals surface area contributed by atoms with Gasteiger partial charge in [0.15, 0.2) is 0 Å². The first kappa shape index (κ1) is 11.2. The summed E-state index contributed by atoms with van der Waals surface area (Å²) in [6.45, 7) is 3.67. The number of hydrogen-bond donors (Lipinski definition) is 1. The molecule has 2 nitrogen and oxygen atoms in total. The van der Waals surface area contributed by atoms with E-state index in [9.17, 15) is 0 Å². The van der Waals surface area contributed by atoms with Crippen LogP contribution in [0.4, 0.5) is 0 Å². The summed E-state index contributed by atoms with van der Waals surface area (Å²) in [6.07, 6.45) is 11.8. The molecule has 2 heteroatoms. The van der Waals surface area contributed by atoms with E-state index in [1.807, 2.05) is 6.08 Å². The summed E-state index contributed by atoms with van der Waals surface area (Å²) >= 11 is 0. The molecule has 0 aromatic heterocycles. The van der Waals surface area contributed by atoms with E-state index in [1.165, 1.54) is 25.7 Å². The lowest BCUT2D eigenvalue weighted by Gasteiger charge is -1.96. The fourth-order valence-corrected chi connectivity index (χ4v) is 1.11. The Hall–Kier alpha value is -0.790. The lowest BCUT2D eigenvalue weighted by Crippen LogP contribution is -1.80. The van der Waals surface area contributed by atoms with Gasteiger partial charge in [-0.05, 0) is 25.7 Å². The van der Waals surface area contributed by atoms with Crippen LogP contribution in [0.1, 0.15) is 44.9 Å². The maximum Gasteiger partial charge on any atom is 0.0435 e. The first-order valence-electron chi connectivity index (χ1n) is 4.68. The molecule has 0 heterocycles. The van der Waals surface area contributed by atoms with Crippen molar-refractivity contribution in [2.75, 3.05) is 0 Å². The Balaban J connectivity index is 2.86. The third-order valence-corrected chi connectivity index (χ3v) is 1.82. The summed E-state index contributed by atoms with van der Waals surface area (Å²) in [6, 6.07) is 0. The van der Waals surface area contributed by atoms with Crippen LogP contribution in [0.15, 0.2) is 17.8 Å². The minimum Gasteiger partial charge on any atom is -0.411 e. The molecule has 0 aliphatic heterocycles. The second-order valence-electron chi connectivity index (χ2n) is 2.93. The van der Waals surface area contributed by atoms with Crippen LogP contribution in [-0.4, -0.2) is 11.4 Å². The second-order valence-corrected chi connectivity index (χ2v) is 2.93. The Kier molecular flexibility index (Phi) is 9.54. The molecule has 0 fully saturated rings. The van der Waals surface area contributed by atoms with Crippen molar-refractivity contribution < 1.29 is 5.21 Å². The Labute approximate surface area is 75.0 Å². The minimum atomic E-state index is 0.901. The summed E-state index contributed by atoms with van der Waals surface area (Å²) in [5.41, 5.74) is 0. The number of allylic oxidation sites excluding steroid dienone is 1. The molecule has 0 amide bonds. The summed E-state index contributed by atoms with van der Waals surface area (Å²) in [7, 11) is 0. The van der Waals surface area contributed by atoms with Crippen LogP contribution < -0.4 is 0 Å². The van der Waals surface area contributed by atoms with Gasteiger partial charge in [0, 0.05) is 6.21 Å². The van der Waals surface area contributed by atoms with Crippen LogP contribution in [0.3, 0.4) is 0 Å². The molecule has 0 aliphatic carbocycles. The van der Waals surface area contributed by atoms with E-state index in [2.05, 4.69) is 11.7 Å². The fourth-order valence-electron chi connectivity index (χ4n) is 1.11. The molecule has 70 valence electrons. The van der Waals surface area contributed by atoms with E-state index in [4.69, 9.17) is 5.21 Å². The van der Waals surface area contributed by atoms with E-state index in [0.717, 1.165) is 19.3 Å². The van der Waals surface area contributed by atoms with Crippen LogP contribution in [0.25, 0.3) is 0 Å². The van der Waals surface area contributed by atoms with Crippen molar-refractivity contribution in [1.29, 1.82) is 0 Å². The quantitative estimate of drug-likeness (QED) is 0.195. The number of hydrogen-bond acceptors (Lipinski definition) is 2. The van der Waals surface area contributed by atoms with Gasteiger partial charge in [-0.3, -0.25) is 0 Å². The van der Waals surface area contributed by atoms with Gasteiger partial charge in [-0.15, -0.1) is 11.7 Å². The molecule has 0 aromatic rings.